The van der Waals surface area contributed by atoms with Gasteiger partial charge in [0.1, 0.15) is 5.02 Å². The second-order valence-electron chi connectivity index (χ2n) is 1.71. The number of nitrogens with zero attached hydrogens (tertiary/aromatic N) is 2. The molecular formula is C6H7ClN2OS. The van der Waals surface area contributed by atoms with Crippen LogP contribution < -0.4 is 4.74 Å². The number of aromatic nitrogens is 2. The van der Waals surface area contributed by atoms with Crippen molar-refractivity contribution in [1.29, 1.82) is 0 Å². The van der Waals surface area contributed by atoms with Crippen molar-refractivity contribution in [2.75, 3.05) is 13.4 Å². The summed E-state index contributed by atoms with van der Waals surface area (Å²) in [5, 5.41) is 1.09. The highest BCUT2D eigenvalue weighted by atomic mass is 35.5. The van der Waals surface area contributed by atoms with Crippen molar-refractivity contribution in [3.8, 4) is 5.88 Å². The van der Waals surface area contributed by atoms with Crippen LogP contribution in [-0.2, 0) is 0 Å². The van der Waals surface area contributed by atoms with Crippen LogP contribution in [0, 0.1) is 0 Å². The summed E-state index contributed by atoms with van der Waals surface area (Å²) in [6.07, 6.45) is 3.42. The molecule has 1 aromatic heterocycles. The van der Waals surface area contributed by atoms with Crippen LogP contribution in [0.2, 0.25) is 5.02 Å². The maximum atomic E-state index is 5.69. The molecule has 1 rings (SSSR count). The van der Waals surface area contributed by atoms with E-state index in [0.717, 1.165) is 0 Å². The van der Waals surface area contributed by atoms with Gasteiger partial charge in [0.15, 0.2) is 5.16 Å². The van der Waals surface area contributed by atoms with Gasteiger partial charge >= 0.3 is 0 Å². The fourth-order valence-corrected chi connectivity index (χ4v) is 1.08. The van der Waals surface area contributed by atoms with E-state index in [1.807, 2.05) is 6.26 Å². The number of thioether (sulfide) groups is 1. The van der Waals surface area contributed by atoms with E-state index >= 15 is 0 Å². The van der Waals surface area contributed by atoms with Gasteiger partial charge in [-0.2, -0.15) is 4.98 Å². The van der Waals surface area contributed by atoms with Gasteiger partial charge in [-0.1, -0.05) is 23.4 Å². The number of methoxy groups -OCH3 is 1. The standard InChI is InChI=1S/C6H7ClN2OS/c1-10-5-4(7)3-8-6(9-5)11-2/h3H,1-2H3. The molecule has 5 heteroatoms. The highest BCUT2D eigenvalue weighted by molar-refractivity contribution is 7.98. The zero-order valence-corrected chi connectivity index (χ0v) is 7.74. The fourth-order valence-electron chi connectivity index (χ4n) is 0.578. The summed E-state index contributed by atoms with van der Waals surface area (Å²) in [5.41, 5.74) is 0. The molecule has 0 saturated carbocycles. The Kier molecular flexibility index (Phi) is 2.96. The summed E-state index contributed by atoms with van der Waals surface area (Å²) >= 11 is 7.14. The molecule has 1 heterocycles. The third kappa shape index (κ3) is 1.97. The molecule has 0 aromatic carbocycles. The van der Waals surface area contributed by atoms with Gasteiger partial charge in [0, 0.05) is 0 Å². The van der Waals surface area contributed by atoms with Crippen LogP contribution in [0.1, 0.15) is 0 Å². The van der Waals surface area contributed by atoms with E-state index in [2.05, 4.69) is 9.97 Å². The van der Waals surface area contributed by atoms with Crippen molar-refractivity contribution in [3.05, 3.63) is 11.2 Å². The summed E-state index contributed by atoms with van der Waals surface area (Å²) in [7, 11) is 1.53. The largest absolute Gasteiger partial charge is 0.480 e. The number of hydrogen-bond acceptors (Lipinski definition) is 4. The molecule has 3 nitrogen and oxygen atoms in total. The van der Waals surface area contributed by atoms with Crippen LogP contribution in [0.25, 0.3) is 0 Å². The minimum Gasteiger partial charge on any atom is -0.480 e. The minimum atomic E-state index is 0.422. The Morgan fingerprint density at radius 2 is 2.36 bits per heavy atom. The second kappa shape index (κ2) is 3.78. The monoisotopic (exact) mass is 190 g/mol. The number of ether oxygens (including phenoxy) is 1. The summed E-state index contributed by atoms with van der Waals surface area (Å²) < 4.78 is 4.89. The topological polar surface area (TPSA) is 35.0 Å². The zero-order chi connectivity index (χ0) is 8.27. The van der Waals surface area contributed by atoms with E-state index in [4.69, 9.17) is 16.3 Å². The van der Waals surface area contributed by atoms with Crippen molar-refractivity contribution in [3.63, 3.8) is 0 Å². The van der Waals surface area contributed by atoms with Crippen molar-refractivity contribution in [2.24, 2.45) is 0 Å². The average Bonchev–Trinajstić information content (AvgIpc) is 2.05. The Morgan fingerprint density at radius 3 is 2.91 bits per heavy atom. The lowest BCUT2D eigenvalue weighted by Crippen LogP contribution is -1.92. The van der Waals surface area contributed by atoms with Gasteiger partial charge in [-0.15, -0.1) is 0 Å². The first-order valence-corrected chi connectivity index (χ1v) is 4.48. The molecule has 0 radical (unpaired) electrons. The van der Waals surface area contributed by atoms with Gasteiger partial charge in [-0.3, -0.25) is 0 Å². The van der Waals surface area contributed by atoms with E-state index in [1.165, 1.54) is 25.1 Å². The lowest BCUT2D eigenvalue weighted by atomic mass is 10.6. The fraction of sp³-hybridized carbons (Fsp3) is 0.333. The Morgan fingerprint density at radius 1 is 1.64 bits per heavy atom. The maximum absolute atomic E-state index is 5.69. The highest BCUT2D eigenvalue weighted by Crippen LogP contribution is 2.22. The smallest absolute Gasteiger partial charge is 0.236 e. The van der Waals surface area contributed by atoms with Gasteiger partial charge in [0.05, 0.1) is 13.3 Å². The maximum Gasteiger partial charge on any atom is 0.236 e. The van der Waals surface area contributed by atoms with Gasteiger partial charge in [0.25, 0.3) is 0 Å². The number of rotatable bonds is 2. The van der Waals surface area contributed by atoms with Crippen molar-refractivity contribution < 1.29 is 4.74 Å². The molecule has 0 fully saturated rings. The molecule has 0 amide bonds. The molecule has 0 aliphatic rings. The third-order valence-corrected chi connectivity index (χ3v) is 1.89. The molecule has 60 valence electrons. The van der Waals surface area contributed by atoms with Crippen LogP contribution in [-0.4, -0.2) is 23.3 Å². The summed E-state index contributed by atoms with van der Waals surface area (Å²) in [5.74, 6) is 0.422. The number of halogens is 1. The normalized spacial score (nSPS) is 9.73. The van der Waals surface area contributed by atoms with Gasteiger partial charge in [-0.05, 0) is 6.26 Å². The Balaban J connectivity index is 3.02. The molecule has 0 aliphatic heterocycles. The number of hydrogen-bond donors (Lipinski definition) is 0. The lowest BCUT2D eigenvalue weighted by Gasteiger charge is -2.01. The molecule has 0 unspecified atom stereocenters. The third-order valence-electron chi connectivity index (χ3n) is 1.07. The Hall–Kier alpha value is -0.480. The first-order chi connectivity index (χ1) is 5.27. The summed E-state index contributed by atoms with van der Waals surface area (Å²) in [6.45, 7) is 0. The van der Waals surface area contributed by atoms with Crippen molar-refractivity contribution >= 4 is 23.4 Å². The Labute approximate surface area is 74.1 Å². The zero-order valence-electron chi connectivity index (χ0n) is 6.17. The SMILES string of the molecule is COc1nc(SC)ncc1Cl. The van der Waals surface area contributed by atoms with E-state index in [-0.39, 0.29) is 0 Å². The van der Waals surface area contributed by atoms with Crippen LogP contribution in [0.4, 0.5) is 0 Å². The van der Waals surface area contributed by atoms with E-state index in [9.17, 15) is 0 Å². The molecule has 0 saturated heterocycles. The van der Waals surface area contributed by atoms with Gasteiger partial charge in [0.2, 0.25) is 5.88 Å². The first-order valence-electron chi connectivity index (χ1n) is 2.88. The molecule has 0 N–H and O–H groups in total. The molecular weight excluding hydrogens is 184 g/mol. The highest BCUT2D eigenvalue weighted by Gasteiger charge is 2.03. The minimum absolute atomic E-state index is 0.422. The first kappa shape index (κ1) is 8.62. The second-order valence-corrected chi connectivity index (χ2v) is 2.89. The van der Waals surface area contributed by atoms with E-state index < -0.39 is 0 Å². The van der Waals surface area contributed by atoms with Crippen molar-refractivity contribution in [1.82, 2.24) is 9.97 Å². The quantitative estimate of drug-likeness (QED) is 0.527. The molecule has 0 bridgehead atoms. The van der Waals surface area contributed by atoms with Gasteiger partial charge in [-0.25, -0.2) is 4.98 Å². The van der Waals surface area contributed by atoms with Crippen LogP contribution in [0.15, 0.2) is 11.4 Å². The van der Waals surface area contributed by atoms with E-state index in [1.54, 1.807) is 0 Å². The van der Waals surface area contributed by atoms with Crippen LogP contribution >= 0.6 is 23.4 Å². The summed E-state index contributed by atoms with van der Waals surface area (Å²) in [6, 6.07) is 0. The van der Waals surface area contributed by atoms with Crippen molar-refractivity contribution in [2.45, 2.75) is 5.16 Å². The van der Waals surface area contributed by atoms with E-state index in [0.29, 0.717) is 16.1 Å². The average molecular weight is 191 g/mol. The molecule has 0 atom stereocenters. The predicted octanol–water partition coefficient (Wildman–Crippen LogP) is 1.86. The molecule has 0 aliphatic carbocycles. The molecule has 11 heavy (non-hydrogen) atoms. The van der Waals surface area contributed by atoms with Crippen LogP contribution in [0.3, 0.4) is 0 Å². The Bertz CT molecular complexity index is 256. The lowest BCUT2D eigenvalue weighted by molar-refractivity contribution is 0.392. The van der Waals surface area contributed by atoms with Crippen LogP contribution in [0.5, 0.6) is 5.88 Å². The van der Waals surface area contributed by atoms with Gasteiger partial charge < -0.3 is 4.74 Å². The molecule has 1 aromatic rings. The summed E-state index contributed by atoms with van der Waals surface area (Å²) in [4.78, 5) is 7.95. The molecule has 0 spiro atoms. The predicted molar refractivity (Wildman–Crippen MR) is 45.4 cm³/mol.